The predicted octanol–water partition coefficient (Wildman–Crippen LogP) is 0.705. The molecule has 0 saturated heterocycles. The number of hydrogen-bond donors (Lipinski definition) is 2. The van der Waals surface area contributed by atoms with Gasteiger partial charge in [-0.2, -0.15) is 0 Å². The van der Waals surface area contributed by atoms with E-state index in [0.29, 0.717) is 6.54 Å². The number of nitrogens with two attached hydrogens (primary N) is 2. The predicted molar refractivity (Wildman–Crippen MR) is 67.3 cm³/mol. The van der Waals surface area contributed by atoms with Crippen LogP contribution in [0.1, 0.15) is 11.1 Å². The fourth-order valence-electron chi connectivity index (χ4n) is 1.60. The zero-order chi connectivity index (χ0) is 12.1. The SMILES string of the molecule is NC(N)=NCc1cccc(Cn2ccnc2)c1. The first-order valence-electron chi connectivity index (χ1n) is 5.33. The molecule has 2 aromatic rings. The largest absolute Gasteiger partial charge is 0.370 e. The second kappa shape index (κ2) is 5.16. The van der Waals surface area contributed by atoms with Crippen molar-refractivity contribution in [3.05, 3.63) is 54.1 Å². The quantitative estimate of drug-likeness (QED) is 0.598. The van der Waals surface area contributed by atoms with Crippen molar-refractivity contribution in [2.45, 2.75) is 13.1 Å². The summed E-state index contributed by atoms with van der Waals surface area (Å²) in [5, 5.41) is 0. The van der Waals surface area contributed by atoms with Crippen LogP contribution in [0.3, 0.4) is 0 Å². The van der Waals surface area contributed by atoms with Crippen molar-refractivity contribution in [3.8, 4) is 0 Å². The van der Waals surface area contributed by atoms with Crippen molar-refractivity contribution in [3.63, 3.8) is 0 Å². The Hall–Kier alpha value is -2.30. The fourth-order valence-corrected chi connectivity index (χ4v) is 1.60. The number of nitrogens with zero attached hydrogens (tertiary/aromatic N) is 3. The first kappa shape index (κ1) is 11.2. The third-order valence-electron chi connectivity index (χ3n) is 2.36. The van der Waals surface area contributed by atoms with E-state index in [1.54, 1.807) is 12.5 Å². The van der Waals surface area contributed by atoms with Crippen LogP contribution in [-0.4, -0.2) is 15.5 Å². The summed E-state index contributed by atoms with van der Waals surface area (Å²) in [5.74, 6) is 0.116. The van der Waals surface area contributed by atoms with Gasteiger partial charge in [0.15, 0.2) is 5.96 Å². The van der Waals surface area contributed by atoms with Gasteiger partial charge in [0.1, 0.15) is 0 Å². The molecule has 0 spiro atoms. The Morgan fingerprint density at radius 2 is 2.12 bits per heavy atom. The lowest BCUT2D eigenvalue weighted by atomic mass is 10.1. The van der Waals surface area contributed by atoms with Crippen LogP contribution in [0, 0.1) is 0 Å². The van der Waals surface area contributed by atoms with Crippen LogP contribution in [-0.2, 0) is 13.1 Å². The van der Waals surface area contributed by atoms with E-state index in [0.717, 1.165) is 12.1 Å². The summed E-state index contributed by atoms with van der Waals surface area (Å²) in [5.41, 5.74) is 12.9. The molecule has 1 aromatic heterocycles. The summed E-state index contributed by atoms with van der Waals surface area (Å²) in [4.78, 5) is 7.99. The Morgan fingerprint density at radius 1 is 1.29 bits per heavy atom. The van der Waals surface area contributed by atoms with Gasteiger partial charge < -0.3 is 16.0 Å². The molecule has 88 valence electrons. The molecule has 5 heteroatoms. The molecule has 2 rings (SSSR count). The number of aliphatic imine (C=N–C) groups is 1. The van der Waals surface area contributed by atoms with E-state index in [1.807, 2.05) is 22.9 Å². The molecule has 5 nitrogen and oxygen atoms in total. The van der Waals surface area contributed by atoms with Crippen molar-refractivity contribution >= 4 is 5.96 Å². The fraction of sp³-hybridized carbons (Fsp3) is 0.167. The van der Waals surface area contributed by atoms with Crippen molar-refractivity contribution in [2.24, 2.45) is 16.5 Å². The highest BCUT2D eigenvalue weighted by molar-refractivity contribution is 5.75. The summed E-state index contributed by atoms with van der Waals surface area (Å²) in [6.07, 6.45) is 5.49. The average molecular weight is 229 g/mol. The lowest BCUT2D eigenvalue weighted by Gasteiger charge is -2.04. The minimum atomic E-state index is 0.116. The van der Waals surface area contributed by atoms with Crippen molar-refractivity contribution in [2.75, 3.05) is 0 Å². The van der Waals surface area contributed by atoms with Crippen LogP contribution < -0.4 is 11.5 Å². The van der Waals surface area contributed by atoms with Crippen molar-refractivity contribution in [1.29, 1.82) is 0 Å². The van der Waals surface area contributed by atoms with Gasteiger partial charge in [-0.05, 0) is 11.1 Å². The highest BCUT2D eigenvalue weighted by atomic mass is 15.0. The summed E-state index contributed by atoms with van der Waals surface area (Å²) in [6, 6.07) is 8.17. The van der Waals surface area contributed by atoms with E-state index >= 15 is 0 Å². The van der Waals surface area contributed by atoms with Gasteiger partial charge in [-0.25, -0.2) is 9.98 Å². The smallest absolute Gasteiger partial charge is 0.186 e. The molecule has 0 radical (unpaired) electrons. The lowest BCUT2D eigenvalue weighted by Crippen LogP contribution is -2.22. The van der Waals surface area contributed by atoms with Crippen LogP contribution in [0.4, 0.5) is 0 Å². The Balaban J connectivity index is 2.09. The number of aromatic nitrogens is 2. The molecular formula is C12H15N5. The summed E-state index contributed by atoms with van der Waals surface area (Å²) >= 11 is 0. The van der Waals surface area contributed by atoms with E-state index < -0.39 is 0 Å². The van der Waals surface area contributed by atoms with Crippen molar-refractivity contribution < 1.29 is 0 Å². The van der Waals surface area contributed by atoms with Gasteiger partial charge in [0, 0.05) is 18.9 Å². The van der Waals surface area contributed by atoms with Gasteiger partial charge in [-0.15, -0.1) is 0 Å². The maximum Gasteiger partial charge on any atom is 0.186 e. The highest BCUT2D eigenvalue weighted by Crippen LogP contribution is 2.08. The molecular weight excluding hydrogens is 214 g/mol. The van der Waals surface area contributed by atoms with Gasteiger partial charge in [0.05, 0.1) is 12.9 Å². The molecule has 4 N–H and O–H groups in total. The highest BCUT2D eigenvalue weighted by Gasteiger charge is 1.97. The Bertz CT molecular complexity index is 497. The Kier molecular flexibility index (Phi) is 3.40. The first-order valence-corrected chi connectivity index (χ1v) is 5.33. The number of imidazole rings is 1. The normalized spacial score (nSPS) is 10.1. The van der Waals surface area contributed by atoms with Crippen molar-refractivity contribution in [1.82, 2.24) is 9.55 Å². The third-order valence-corrected chi connectivity index (χ3v) is 2.36. The molecule has 0 aliphatic rings. The molecule has 0 aliphatic heterocycles. The molecule has 0 bridgehead atoms. The van der Waals surface area contributed by atoms with E-state index in [9.17, 15) is 0 Å². The van der Waals surface area contributed by atoms with Crippen LogP contribution in [0.25, 0.3) is 0 Å². The zero-order valence-electron chi connectivity index (χ0n) is 9.45. The van der Waals surface area contributed by atoms with E-state index in [-0.39, 0.29) is 5.96 Å². The minimum Gasteiger partial charge on any atom is -0.370 e. The minimum absolute atomic E-state index is 0.116. The third kappa shape index (κ3) is 3.34. The molecule has 0 aliphatic carbocycles. The number of rotatable bonds is 4. The van der Waals surface area contributed by atoms with Crippen LogP contribution in [0.2, 0.25) is 0 Å². The molecule has 0 atom stereocenters. The molecule has 1 heterocycles. The zero-order valence-corrected chi connectivity index (χ0v) is 9.45. The van der Waals surface area contributed by atoms with E-state index in [1.165, 1.54) is 5.56 Å². The average Bonchev–Trinajstić information content (AvgIpc) is 2.80. The van der Waals surface area contributed by atoms with Gasteiger partial charge in [0.2, 0.25) is 0 Å². The van der Waals surface area contributed by atoms with Crippen LogP contribution in [0.15, 0.2) is 48.0 Å². The van der Waals surface area contributed by atoms with Gasteiger partial charge >= 0.3 is 0 Å². The van der Waals surface area contributed by atoms with Gasteiger partial charge in [0.25, 0.3) is 0 Å². The number of benzene rings is 1. The van der Waals surface area contributed by atoms with E-state index in [4.69, 9.17) is 11.5 Å². The maximum absolute atomic E-state index is 5.30. The van der Waals surface area contributed by atoms with E-state index in [2.05, 4.69) is 22.1 Å². The van der Waals surface area contributed by atoms with Gasteiger partial charge in [-0.3, -0.25) is 0 Å². The maximum atomic E-state index is 5.30. The van der Waals surface area contributed by atoms with Gasteiger partial charge in [-0.1, -0.05) is 24.3 Å². The molecule has 1 aromatic carbocycles. The molecule has 0 unspecified atom stereocenters. The molecule has 0 amide bonds. The summed E-state index contributed by atoms with van der Waals surface area (Å²) in [6.45, 7) is 1.32. The summed E-state index contributed by atoms with van der Waals surface area (Å²) < 4.78 is 2.01. The lowest BCUT2D eigenvalue weighted by molar-refractivity contribution is 0.795. The Morgan fingerprint density at radius 3 is 2.82 bits per heavy atom. The first-order chi connectivity index (χ1) is 8.24. The standard InChI is InChI=1S/C12H15N5/c13-12(14)16-7-10-2-1-3-11(6-10)8-17-5-4-15-9-17/h1-6,9H,7-8H2,(H4,13,14,16). The van der Waals surface area contributed by atoms with Crippen LogP contribution in [0.5, 0.6) is 0 Å². The molecule has 0 saturated carbocycles. The number of hydrogen-bond acceptors (Lipinski definition) is 2. The van der Waals surface area contributed by atoms with Crippen LogP contribution >= 0.6 is 0 Å². The second-order valence-corrected chi connectivity index (χ2v) is 3.80. The molecule has 0 fully saturated rings. The second-order valence-electron chi connectivity index (χ2n) is 3.80. The summed E-state index contributed by atoms with van der Waals surface area (Å²) in [7, 11) is 0. The monoisotopic (exact) mass is 229 g/mol. The Labute approximate surface area is 99.8 Å². The number of guanidine groups is 1. The topological polar surface area (TPSA) is 82.2 Å². The molecule has 17 heavy (non-hydrogen) atoms.